The number of hydrogen-bond donors (Lipinski definition) is 0. The van der Waals surface area contributed by atoms with Gasteiger partial charge in [0.2, 0.25) is 0 Å². The predicted molar refractivity (Wildman–Crippen MR) is 150 cm³/mol. The zero-order chi connectivity index (χ0) is 25.8. The molecule has 6 heterocycles. The molecular formula is C31H34N6. The van der Waals surface area contributed by atoms with Crippen LogP contribution < -0.4 is 0 Å². The van der Waals surface area contributed by atoms with Crippen LogP contribution in [0, 0.1) is 0 Å². The Kier molecular flexibility index (Phi) is 5.63. The van der Waals surface area contributed by atoms with Crippen molar-refractivity contribution in [3.63, 3.8) is 0 Å². The van der Waals surface area contributed by atoms with E-state index in [0.29, 0.717) is 11.8 Å². The lowest BCUT2D eigenvalue weighted by molar-refractivity contribution is 0.694. The first-order chi connectivity index (χ1) is 17.9. The first-order valence-corrected chi connectivity index (χ1v) is 13.3. The average molecular weight is 491 g/mol. The second-order valence-electron chi connectivity index (χ2n) is 10.8. The highest BCUT2D eigenvalue weighted by molar-refractivity contribution is 5.74. The first-order valence-electron chi connectivity index (χ1n) is 13.3. The van der Waals surface area contributed by atoms with E-state index in [1.165, 1.54) is 11.4 Å². The molecule has 0 bridgehead atoms. The Morgan fingerprint density at radius 2 is 1.62 bits per heavy atom. The van der Waals surface area contributed by atoms with E-state index in [-0.39, 0.29) is 5.92 Å². The molecule has 1 atom stereocenters. The molecule has 6 aromatic heterocycles. The summed E-state index contributed by atoms with van der Waals surface area (Å²) in [6.07, 6.45) is 11.5. The molecule has 0 aliphatic rings. The summed E-state index contributed by atoms with van der Waals surface area (Å²) in [5.74, 6) is 2.13. The summed E-state index contributed by atoms with van der Waals surface area (Å²) in [6, 6.07) is 12.9. The first kappa shape index (κ1) is 23.5. The highest BCUT2D eigenvalue weighted by Crippen LogP contribution is 2.33. The Hall–Kier alpha value is -3.93. The van der Waals surface area contributed by atoms with E-state index in [1.54, 1.807) is 0 Å². The van der Waals surface area contributed by atoms with Crippen LogP contribution in [0.5, 0.6) is 0 Å². The van der Waals surface area contributed by atoms with E-state index in [9.17, 15) is 0 Å². The summed E-state index contributed by atoms with van der Waals surface area (Å²) in [5.41, 5.74) is 9.87. The second kappa shape index (κ2) is 8.87. The van der Waals surface area contributed by atoms with Gasteiger partial charge in [-0.05, 0) is 54.7 Å². The smallest absolute Gasteiger partial charge is 0.137 e. The van der Waals surface area contributed by atoms with Gasteiger partial charge in [0.15, 0.2) is 0 Å². The molecule has 1 unspecified atom stereocenters. The molecular weight excluding hydrogens is 456 g/mol. The third kappa shape index (κ3) is 3.82. The highest BCUT2D eigenvalue weighted by Gasteiger charge is 2.19. The largest absolute Gasteiger partial charge is 0.316 e. The van der Waals surface area contributed by atoms with Crippen molar-refractivity contribution in [2.75, 3.05) is 0 Å². The van der Waals surface area contributed by atoms with Gasteiger partial charge in [0, 0.05) is 53.0 Å². The third-order valence-electron chi connectivity index (χ3n) is 7.50. The minimum Gasteiger partial charge on any atom is -0.316 e. The molecule has 0 aliphatic carbocycles. The lowest BCUT2D eigenvalue weighted by Gasteiger charge is -2.14. The molecule has 0 N–H and O–H groups in total. The van der Waals surface area contributed by atoms with Gasteiger partial charge in [-0.3, -0.25) is 4.98 Å². The van der Waals surface area contributed by atoms with E-state index in [0.717, 1.165) is 51.4 Å². The number of rotatable bonds is 6. The number of hydrogen-bond acceptors (Lipinski definition) is 3. The Balaban J connectivity index is 1.53. The van der Waals surface area contributed by atoms with Gasteiger partial charge >= 0.3 is 0 Å². The fourth-order valence-corrected chi connectivity index (χ4v) is 5.41. The summed E-state index contributed by atoms with van der Waals surface area (Å²) in [5, 5.41) is 0. The summed E-state index contributed by atoms with van der Waals surface area (Å²) in [4.78, 5) is 14.7. The lowest BCUT2D eigenvalue weighted by Crippen LogP contribution is -2.04. The topological polar surface area (TPSA) is 51.9 Å². The van der Waals surface area contributed by atoms with Gasteiger partial charge in [0.1, 0.15) is 11.5 Å². The van der Waals surface area contributed by atoms with E-state index in [1.807, 2.05) is 12.4 Å². The number of aromatic nitrogens is 6. The van der Waals surface area contributed by atoms with Gasteiger partial charge in [-0.15, -0.1) is 0 Å². The number of nitrogens with zero attached hydrogens (tertiary/aromatic N) is 6. The second-order valence-corrected chi connectivity index (χ2v) is 10.8. The van der Waals surface area contributed by atoms with Crippen LogP contribution in [0.3, 0.4) is 0 Å². The normalized spacial score (nSPS) is 13.1. The monoisotopic (exact) mass is 490 g/mol. The zero-order valence-corrected chi connectivity index (χ0v) is 22.5. The van der Waals surface area contributed by atoms with Crippen molar-refractivity contribution >= 4 is 16.7 Å². The van der Waals surface area contributed by atoms with Gasteiger partial charge in [0.25, 0.3) is 0 Å². The maximum Gasteiger partial charge on any atom is 0.137 e. The Morgan fingerprint density at radius 3 is 2.38 bits per heavy atom. The summed E-state index contributed by atoms with van der Waals surface area (Å²) in [6.45, 7) is 13.4. The fourth-order valence-electron chi connectivity index (χ4n) is 5.41. The Labute approximate surface area is 217 Å². The SMILES string of the molecule is CCC(C)c1ccnc2cc(-c3ncc4cc(-c5cc6cccn6c(C(C)C)n5)cn4c3C(C)C)cn12. The van der Waals surface area contributed by atoms with E-state index in [4.69, 9.17) is 9.97 Å². The molecule has 0 saturated carbocycles. The van der Waals surface area contributed by atoms with Crippen LogP contribution in [0.1, 0.15) is 82.9 Å². The Morgan fingerprint density at radius 1 is 0.811 bits per heavy atom. The Bertz CT molecular complexity index is 1750. The standard InChI is InChI=1S/C31H34N6/c1-7-21(6)27-10-11-32-28-14-23(18-37(27)28)29-30(19(2)3)36-17-22(13-25(36)16-33-29)26-15-24-9-8-12-35(24)31(34-26)20(4)5/h8-21H,7H2,1-6H3. The van der Waals surface area contributed by atoms with Crippen LogP contribution in [0.15, 0.2) is 67.4 Å². The van der Waals surface area contributed by atoms with Crippen molar-refractivity contribution in [1.82, 2.24) is 28.2 Å². The molecule has 37 heavy (non-hydrogen) atoms. The van der Waals surface area contributed by atoms with Gasteiger partial charge in [-0.1, -0.05) is 41.5 Å². The van der Waals surface area contributed by atoms with Crippen LogP contribution in [0.25, 0.3) is 39.2 Å². The molecule has 0 aliphatic heterocycles. The molecule has 0 fully saturated rings. The van der Waals surface area contributed by atoms with Crippen molar-refractivity contribution in [2.24, 2.45) is 0 Å². The van der Waals surface area contributed by atoms with Crippen molar-refractivity contribution in [2.45, 2.75) is 65.7 Å². The summed E-state index contributed by atoms with van der Waals surface area (Å²) < 4.78 is 6.71. The van der Waals surface area contributed by atoms with E-state index < -0.39 is 0 Å². The maximum absolute atomic E-state index is 5.07. The fraction of sp³-hybridized carbons (Fsp3) is 0.323. The van der Waals surface area contributed by atoms with Crippen LogP contribution in [0.4, 0.5) is 0 Å². The maximum atomic E-state index is 5.07. The minimum atomic E-state index is 0.281. The summed E-state index contributed by atoms with van der Waals surface area (Å²) >= 11 is 0. The lowest BCUT2D eigenvalue weighted by atomic mass is 10.0. The van der Waals surface area contributed by atoms with Crippen LogP contribution in [0.2, 0.25) is 0 Å². The minimum absolute atomic E-state index is 0.281. The molecule has 188 valence electrons. The van der Waals surface area contributed by atoms with Gasteiger partial charge in [0.05, 0.1) is 28.8 Å². The summed E-state index contributed by atoms with van der Waals surface area (Å²) in [7, 11) is 0. The molecule has 6 nitrogen and oxygen atoms in total. The number of fused-ring (bicyclic) bond motifs is 3. The van der Waals surface area contributed by atoms with E-state index >= 15 is 0 Å². The molecule has 0 amide bonds. The van der Waals surface area contributed by atoms with Crippen LogP contribution in [-0.2, 0) is 0 Å². The van der Waals surface area contributed by atoms with Crippen molar-refractivity contribution in [1.29, 1.82) is 0 Å². The zero-order valence-electron chi connectivity index (χ0n) is 22.5. The third-order valence-corrected chi connectivity index (χ3v) is 7.50. The van der Waals surface area contributed by atoms with Crippen molar-refractivity contribution in [3.05, 3.63) is 84.6 Å². The van der Waals surface area contributed by atoms with Gasteiger partial charge in [-0.2, -0.15) is 0 Å². The van der Waals surface area contributed by atoms with Crippen molar-refractivity contribution < 1.29 is 0 Å². The molecule has 6 aromatic rings. The highest BCUT2D eigenvalue weighted by atomic mass is 15.0. The predicted octanol–water partition coefficient (Wildman–Crippen LogP) is 7.72. The molecule has 0 spiro atoms. The van der Waals surface area contributed by atoms with Crippen LogP contribution >= 0.6 is 0 Å². The average Bonchev–Trinajstić information content (AvgIpc) is 3.63. The molecule has 0 aromatic carbocycles. The molecule has 0 saturated heterocycles. The quantitative estimate of drug-likeness (QED) is 0.240. The van der Waals surface area contributed by atoms with Crippen LogP contribution in [-0.4, -0.2) is 28.2 Å². The molecule has 6 heteroatoms. The molecule has 0 radical (unpaired) electrons. The molecule has 6 rings (SSSR count). The van der Waals surface area contributed by atoms with E-state index in [2.05, 4.69) is 115 Å². The van der Waals surface area contributed by atoms with Gasteiger partial charge in [-0.25, -0.2) is 9.97 Å². The van der Waals surface area contributed by atoms with Gasteiger partial charge < -0.3 is 13.2 Å². The van der Waals surface area contributed by atoms with Crippen molar-refractivity contribution in [3.8, 4) is 22.5 Å².